The van der Waals surface area contributed by atoms with Crippen molar-refractivity contribution in [1.82, 2.24) is 29.7 Å². The highest BCUT2D eigenvalue weighted by molar-refractivity contribution is 6.39. The number of fused-ring (bicyclic) bond motifs is 1. The van der Waals surface area contributed by atoms with E-state index in [2.05, 4.69) is 20.5 Å². The number of carbonyl (C=O) groups is 2. The molecule has 7 rings (SSSR count). The van der Waals surface area contributed by atoms with Crippen LogP contribution < -0.4 is 15.4 Å². The van der Waals surface area contributed by atoms with Crippen LogP contribution in [0.5, 0.6) is 5.88 Å². The predicted molar refractivity (Wildman–Crippen MR) is 203 cm³/mol. The van der Waals surface area contributed by atoms with E-state index in [-0.39, 0.29) is 24.0 Å². The third-order valence-corrected chi connectivity index (χ3v) is 11.8. The molecule has 0 saturated heterocycles. The van der Waals surface area contributed by atoms with Crippen molar-refractivity contribution in [2.45, 2.75) is 76.6 Å². The van der Waals surface area contributed by atoms with Crippen molar-refractivity contribution >= 4 is 40.8 Å². The molecule has 14 heteroatoms. The fraction of sp³-hybridized carbons (Fsp3) is 0.462. The Morgan fingerprint density at radius 2 is 1.81 bits per heavy atom. The van der Waals surface area contributed by atoms with Gasteiger partial charge >= 0.3 is 5.97 Å². The number of aliphatic hydroxyl groups is 1. The Labute approximate surface area is 318 Å². The Hall–Kier alpha value is -4.07. The molecule has 4 aromatic rings. The molecule has 2 unspecified atom stereocenters. The summed E-state index contributed by atoms with van der Waals surface area (Å²) in [5, 5.41) is 26.3. The number of aromatic nitrogens is 4. The monoisotopic (exact) mass is 761 g/mol. The molecule has 4 heterocycles. The Bertz CT molecular complexity index is 2000. The summed E-state index contributed by atoms with van der Waals surface area (Å²) >= 11 is 14.0. The number of aliphatic hydroxyl groups excluding tert-OH is 1. The van der Waals surface area contributed by atoms with Gasteiger partial charge in [0.1, 0.15) is 0 Å². The van der Waals surface area contributed by atoms with Crippen molar-refractivity contribution < 1.29 is 24.5 Å². The van der Waals surface area contributed by atoms with Gasteiger partial charge in [0, 0.05) is 74.3 Å². The summed E-state index contributed by atoms with van der Waals surface area (Å²) in [5.41, 5.74) is 5.49. The van der Waals surface area contributed by atoms with Crippen LogP contribution in [-0.4, -0.2) is 78.9 Å². The number of benzene rings is 1. The van der Waals surface area contributed by atoms with Gasteiger partial charge in [0.15, 0.2) is 5.82 Å². The molecular formula is C39H45Cl2N7O5. The lowest BCUT2D eigenvalue weighted by molar-refractivity contribution is -0.143. The van der Waals surface area contributed by atoms with E-state index in [9.17, 15) is 19.8 Å². The van der Waals surface area contributed by atoms with Crippen molar-refractivity contribution in [3.63, 3.8) is 0 Å². The molecule has 280 valence electrons. The third-order valence-electron chi connectivity index (χ3n) is 11.0. The van der Waals surface area contributed by atoms with E-state index >= 15 is 0 Å². The van der Waals surface area contributed by atoms with E-state index in [4.69, 9.17) is 37.9 Å². The van der Waals surface area contributed by atoms with Crippen LogP contribution in [0.3, 0.4) is 0 Å². The zero-order valence-electron chi connectivity index (χ0n) is 29.9. The highest BCUT2D eigenvalue weighted by atomic mass is 35.5. The van der Waals surface area contributed by atoms with Gasteiger partial charge in [-0.25, -0.2) is 9.97 Å². The molecule has 0 bridgehead atoms. The first-order valence-electron chi connectivity index (χ1n) is 18.3. The summed E-state index contributed by atoms with van der Waals surface area (Å²) in [7, 11) is 3.45. The quantitative estimate of drug-likeness (QED) is 0.136. The lowest BCUT2D eigenvalue weighted by Crippen LogP contribution is -2.36. The minimum Gasteiger partial charge on any atom is -0.481 e. The Balaban J connectivity index is 1.04. The number of nitrogens with one attached hydrogen (secondary N) is 2. The lowest BCUT2D eigenvalue weighted by Gasteiger charge is -2.33. The summed E-state index contributed by atoms with van der Waals surface area (Å²) in [6.07, 6.45) is 7.96. The number of amides is 1. The van der Waals surface area contributed by atoms with Crippen molar-refractivity contribution in [2.75, 3.05) is 25.5 Å². The molecule has 0 spiro atoms. The van der Waals surface area contributed by atoms with E-state index in [0.717, 1.165) is 81.4 Å². The van der Waals surface area contributed by atoms with Crippen LogP contribution in [0.25, 0.3) is 22.5 Å². The van der Waals surface area contributed by atoms with Crippen LogP contribution in [0.15, 0.2) is 42.6 Å². The van der Waals surface area contributed by atoms with Gasteiger partial charge in [-0.2, -0.15) is 0 Å². The van der Waals surface area contributed by atoms with Gasteiger partial charge in [0.2, 0.25) is 5.88 Å². The number of imidazole rings is 1. The molecular weight excluding hydrogens is 717 g/mol. The second kappa shape index (κ2) is 16.1. The number of hydrogen-bond acceptors (Lipinski definition) is 9. The van der Waals surface area contributed by atoms with E-state index in [0.29, 0.717) is 69.0 Å². The molecule has 1 aliphatic heterocycles. The second-order valence-electron chi connectivity index (χ2n) is 14.5. The standard InChI is InChI=1S/C39H45Cl2N7O5/c1-47-32-15-17-48(20-22-6-8-23(9-7-22)39(51)52)21-31(32)44-36(47)37(50)45-30-5-3-4-28(33(30)40)35-34(41)27(14-16-42-35)29-13-10-24(38(46-29)53-2)19-43-25-11-12-26(49)18-25/h3-5,10,13-14,16,22-23,25-26,43,49H,6-9,11-12,15,17-21H2,1-2H3,(H,45,50)(H,51,52). The maximum atomic E-state index is 13.7. The molecule has 53 heavy (non-hydrogen) atoms. The molecule has 4 N–H and O–H groups in total. The first-order chi connectivity index (χ1) is 25.6. The van der Waals surface area contributed by atoms with E-state index in [1.165, 1.54) is 0 Å². The number of carboxylic acid groups (broad SMARTS) is 1. The van der Waals surface area contributed by atoms with E-state index < -0.39 is 5.97 Å². The lowest BCUT2D eigenvalue weighted by atomic mass is 9.81. The van der Waals surface area contributed by atoms with Crippen molar-refractivity contribution in [1.29, 1.82) is 0 Å². The number of rotatable bonds is 11. The number of hydrogen-bond donors (Lipinski definition) is 4. The number of methoxy groups -OCH3 is 1. The zero-order valence-corrected chi connectivity index (χ0v) is 31.5. The number of anilines is 1. The number of nitrogens with zero attached hydrogens (tertiary/aromatic N) is 5. The maximum Gasteiger partial charge on any atom is 0.306 e. The average Bonchev–Trinajstić information content (AvgIpc) is 3.73. The SMILES string of the molecule is COc1nc(-c2ccnc(-c3cccc(NC(=O)c4nc5c(n4C)CCN(CC4CCC(C(=O)O)CC4)C5)c3Cl)c2Cl)ccc1CNC1CCC(O)C1. The van der Waals surface area contributed by atoms with E-state index in [1.807, 2.05) is 23.7 Å². The van der Waals surface area contributed by atoms with Crippen molar-refractivity contribution in [2.24, 2.45) is 18.9 Å². The van der Waals surface area contributed by atoms with Crippen LogP contribution in [-0.2, 0) is 31.4 Å². The van der Waals surface area contributed by atoms with Crippen LogP contribution >= 0.6 is 23.2 Å². The third kappa shape index (κ3) is 8.07. The predicted octanol–water partition coefficient (Wildman–Crippen LogP) is 6.36. The Morgan fingerprint density at radius 1 is 1.00 bits per heavy atom. The van der Waals surface area contributed by atoms with Crippen molar-refractivity contribution in [3.8, 4) is 28.4 Å². The average molecular weight is 763 g/mol. The summed E-state index contributed by atoms with van der Waals surface area (Å²) in [6.45, 7) is 2.99. The molecule has 1 aromatic carbocycles. The fourth-order valence-corrected chi connectivity index (χ4v) is 8.62. The molecule has 2 saturated carbocycles. The molecule has 1 amide bonds. The van der Waals surface area contributed by atoms with Gasteiger partial charge in [-0.3, -0.25) is 19.5 Å². The molecule has 2 atom stereocenters. The minimum atomic E-state index is -0.685. The molecule has 2 fully saturated rings. The van der Waals surface area contributed by atoms with Gasteiger partial charge in [0.25, 0.3) is 5.91 Å². The Kier molecular flexibility index (Phi) is 11.3. The zero-order chi connectivity index (χ0) is 37.2. The molecule has 3 aliphatic rings. The number of ether oxygens (including phenoxy) is 1. The van der Waals surface area contributed by atoms with Gasteiger partial charge in [-0.1, -0.05) is 41.4 Å². The number of aliphatic carboxylic acids is 1. The van der Waals surface area contributed by atoms with Crippen LogP contribution in [0.2, 0.25) is 10.0 Å². The van der Waals surface area contributed by atoms with Gasteiger partial charge in [-0.05, 0) is 69.1 Å². The first-order valence-corrected chi connectivity index (χ1v) is 19.0. The number of carboxylic acids is 1. The molecule has 12 nitrogen and oxygen atoms in total. The van der Waals surface area contributed by atoms with Gasteiger partial charge in [0.05, 0.1) is 51.9 Å². The second-order valence-corrected chi connectivity index (χ2v) is 15.2. The summed E-state index contributed by atoms with van der Waals surface area (Å²) in [6, 6.07) is 11.2. The number of halogens is 2. The number of pyridine rings is 2. The van der Waals surface area contributed by atoms with Gasteiger partial charge < -0.3 is 30.2 Å². The maximum absolute atomic E-state index is 13.7. The van der Waals surface area contributed by atoms with Crippen LogP contribution in [0.4, 0.5) is 5.69 Å². The fourth-order valence-electron chi connectivity index (χ4n) is 8.05. The minimum absolute atomic E-state index is 0.221. The molecule has 3 aromatic heterocycles. The number of carbonyl (C=O) groups excluding carboxylic acids is 1. The first kappa shape index (κ1) is 37.3. The topological polar surface area (TPSA) is 155 Å². The summed E-state index contributed by atoms with van der Waals surface area (Å²) in [5.74, 6) is -0.0201. The normalized spacial score (nSPS) is 21.7. The van der Waals surface area contributed by atoms with E-state index in [1.54, 1.807) is 37.6 Å². The summed E-state index contributed by atoms with van der Waals surface area (Å²) in [4.78, 5) is 41.5. The van der Waals surface area contributed by atoms with Crippen molar-refractivity contribution in [3.05, 3.63) is 75.4 Å². The smallest absolute Gasteiger partial charge is 0.306 e. The van der Waals surface area contributed by atoms with Gasteiger partial charge in [-0.15, -0.1) is 0 Å². The molecule has 0 radical (unpaired) electrons. The molecule has 2 aliphatic carbocycles. The van der Waals surface area contributed by atoms with Crippen LogP contribution in [0.1, 0.15) is 72.5 Å². The summed E-state index contributed by atoms with van der Waals surface area (Å²) < 4.78 is 7.50. The highest BCUT2D eigenvalue weighted by Crippen LogP contribution is 2.40. The highest BCUT2D eigenvalue weighted by Gasteiger charge is 2.31. The largest absolute Gasteiger partial charge is 0.481 e. The Morgan fingerprint density at radius 3 is 2.55 bits per heavy atom. The van der Waals surface area contributed by atoms with Crippen LogP contribution in [0, 0.1) is 11.8 Å².